The normalized spacial score (nSPS) is 11.8. The van der Waals surface area contributed by atoms with Crippen molar-refractivity contribution in [2.45, 2.75) is 19.9 Å². The first kappa shape index (κ1) is 25.1. The second-order valence-corrected chi connectivity index (χ2v) is 8.93. The molecular weight excluding hydrogens is 482 g/mol. The molecule has 0 aliphatic rings. The molecule has 2 heterocycles. The Morgan fingerprint density at radius 2 is 1.75 bits per heavy atom. The molecule has 2 aromatic carbocycles. The Morgan fingerprint density at radius 1 is 1.06 bits per heavy atom. The van der Waals surface area contributed by atoms with E-state index in [1.165, 1.54) is 18.0 Å². The summed E-state index contributed by atoms with van der Waals surface area (Å²) < 4.78 is 17.1. The topological polar surface area (TPSA) is 109 Å². The molecule has 186 valence electrons. The van der Waals surface area contributed by atoms with Crippen molar-refractivity contribution in [3.63, 3.8) is 0 Å². The Balaban J connectivity index is 1.49. The van der Waals surface area contributed by atoms with Crippen LogP contribution in [0.4, 0.5) is 5.69 Å². The van der Waals surface area contributed by atoms with Crippen molar-refractivity contribution in [3.8, 4) is 11.5 Å². The summed E-state index contributed by atoms with van der Waals surface area (Å²) in [6.45, 7) is 3.66. The molecule has 1 amide bonds. The molecule has 1 atom stereocenters. The van der Waals surface area contributed by atoms with Crippen LogP contribution >= 0.6 is 11.3 Å². The number of para-hydroxylation sites is 1. The van der Waals surface area contributed by atoms with Gasteiger partial charge in [-0.05, 0) is 55.8 Å². The second-order valence-electron chi connectivity index (χ2n) is 7.93. The van der Waals surface area contributed by atoms with Gasteiger partial charge in [0.25, 0.3) is 5.56 Å². The van der Waals surface area contributed by atoms with Crippen LogP contribution in [0.2, 0.25) is 0 Å². The van der Waals surface area contributed by atoms with Gasteiger partial charge in [0.2, 0.25) is 5.91 Å². The highest BCUT2D eigenvalue weighted by atomic mass is 32.1. The van der Waals surface area contributed by atoms with E-state index in [0.29, 0.717) is 37.8 Å². The molecule has 10 heteroatoms. The van der Waals surface area contributed by atoms with E-state index in [2.05, 4.69) is 10.3 Å². The van der Waals surface area contributed by atoms with Crippen LogP contribution in [-0.2, 0) is 14.3 Å². The number of aryl methyl sites for hydroxylation is 1. The highest BCUT2D eigenvalue weighted by molar-refractivity contribution is 7.20. The first-order valence-corrected chi connectivity index (χ1v) is 12.0. The second kappa shape index (κ2) is 11.1. The van der Waals surface area contributed by atoms with Gasteiger partial charge in [0.05, 0.1) is 18.3 Å². The van der Waals surface area contributed by atoms with Crippen LogP contribution < -0.4 is 15.6 Å². The van der Waals surface area contributed by atoms with Crippen LogP contribution in [0.15, 0.2) is 65.7 Å². The summed E-state index contributed by atoms with van der Waals surface area (Å²) in [5.41, 5.74) is 0.631. The van der Waals surface area contributed by atoms with E-state index in [1.54, 1.807) is 38.1 Å². The highest BCUT2D eigenvalue weighted by Crippen LogP contribution is 2.28. The zero-order valence-electron chi connectivity index (χ0n) is 20.0. The quantitative estimate of drug-likeness (QED) is 0.261. The van der Waals surface area contributed by atoms with Gasteiger partial charge >= 0.3 is 5.97 Å². The summed E-state index contributed by atoms with van der Waals surface area (Å²) >= 11 is 1.09. The van der Waals surface area contributed by atoms with E-state index in [4.69, 9.17) is 14.2 Å². The van der Waals surface area contributed by atoms with Gasteiger partial charge in [-0.1, -0.05) is 18.2 Å². The number of nitrogens with one attached hydrogen (secondary N) is 1. The third kappa shape index (κ3) is 5.45. The lowest BCUT2D eigenvalue weighted by Crippen LogP contribution is -2.31. The summed E-state index contributed by atoms with van der Waals surface area (Å²) in [4.78, 5) is 43.6. The number of hydrogen-bond donors (Lipinski definition) is 1. The molecule has 0 fully saturated rings. The van der Waals surface area contributed by atoms with Gasteiger partial charge in [0, 0.05) is 12.8 Å². The summed E-state index contributed by atoms with van der Waals surface area (Å²) in [6, 6.07) is 15.5. The molecule has 1 N–H and O–H groups in total. The number of hydrogen-bond acceptors (Lipinski definition) is 8. The monoisotopic (exact) mass is 507 g/mol. The number of amides is 1. The average molecular weight is 508 g/mol. The van der Waals surface area contributed by atoms with Crippen molar-refractivity contribution in [2.24, 2.45) is 0 Å². The number of rotatable bonds is 9. The number of anilines is 1. The van der Waals surface area contributed by atoms with Gasteiger partial charge in [0.15, 0.2) is 0 Å². The lowest BCUT2D eigenvalue weighted by Gasteiger charge is -2.15. The van der Waals surface area contributed by atoms with Crippen molar-refractivity contribution in [3.05, 3.63) is 81.7 Å². The maximum Gasteiger partial charge on any atom is 0.348 e. The SMILES string of the molecule is COCCOC(=O)c1sc2ncn(C(C)C(=O)Nc3ccc(Oc4ccccc4)cc3)c(=O)c2c1C. The fourth-order valence-electron chi connectivity index (χ4n) is 3.49. The molecular formula is C26H25N3O6S. The van der Waals surface area contributed by atoms with Crippen molar-refractivity contribution >= 4 is 39.1 Å². The standard InChI is InChI=1S/C26H25N3O6S/c1-16-21-24(36-22(16)26(32)34-14-13-33-3)27-15-29(25(21)31)17(2)23(30)28-18-9-11-20(12-10-18)35-19-7-5-4-6-8-19/h4-12,15,17H,13-14H2,1-3H3,(H,28,30). The molecule has 36 heavy (non-hydrogen) atoms. The Hall–Kier alpha value is -4.02. The molecule has 4 rings (SSSR count). The molecule has 0 aliphatic heterocycles. The number of benzene rings is 2. The molecule has 0 saturated carbocycles. The first-order valence-electron chi connectivity index (χ1n) is 11.2. The number of aromatic nitrogens is 2. The maximum absolute atomic E-state index is 13.2. The smallest absolute Gasteiger partial charge is 0.348 e. The van der Waals surface area contributed by atoms with E-state index in [9.17, 15) is 14.4 Å². The van der Waals surface area contributed by atoms with Crippen LogP contribution in [0.3, 0.4) is 0 Å². The minimum Gasteiger partial charge on any atom is -0.459 e. The van der Waals surface area contributed by atoms with E-state index in [-0.39, 0.29) is 19.1 Å². The van der Waals surface area contributed by atoms with Gasteiger partial charge < -0.3 is 19.5 Å². The summed E-state index contributed by atoms with van der Waals surface area (Å²) in [6.07, 6.45) is 1.32. The largest absolute Gasteiger partial charge is 0.459 e. The third-order valence-corrected chi connectivity index (χ3v) is 6.66. The lowest BCUT2D eigenvalue weighted by molar-refractivity contribution is -0.118. The van der Waals surface area contributed by atoms with Gasteiger partial charge in [-0.25, -0.2) is 9.78 Å². The Labute approximate surface area is 211 Å². The van der Waals surface area contributed by atoms with Crippen molar-refractivity contribution in [1.82, 2.24) is 9.55 Å². The maximum atomic E-state index is 13.2. The number of carbonyl (C=O) groups is 2. The zero-order chi connectivity index (χ0) is 25.7. The van der Waals surface area contributed by atoms with Gasteiger partial charge in [-0.2, -0.15) is 0 Å². The summed E-state index contributed by atoms with van der Waals surface area (Å²) in [7, 11) is 1.51. The summed E-state index contributed by atoms with van der Waals surface area (Å²) in [5.74, 6) is 0.411. The highest BCUT2D eigenvalue weighted by Gasteiger charge is 2.23. The Bertz CT molecular complexity index is 1430. The predicted octanol–water partition coefficient (Wildman–Crippen LogP) is 4.56. The van der Waals surface area contributed by atoms with E-state index in [0.717, 1.165) is 11.3 Å². The summed E-state index contributed by atoms with van der Waals surface area (Å²) in [5, 5.41) is 3.10. The molecule has 1 unspecified atom stereocenters. The fourth-order valence-corrected chi connectivity index (χ4v) is 4.53. The molecule has 9 nitrogen and oxygen atoms in total. The van der Waals surface area contributed by atoms with Crippen molar-refractivity contribution in [1.29, 1.82) is 0 Å². The molecule has 0 bridgehead atoms. The van der Waals surface area contributed by atoms with Crippen LogP contribution in [-0.4, -0.2) is 41.8 Å². The van der Waals surface area contributed by atoms with Gasteiger partial charge in [-0.3, -0.25) is 14.2 Å². The van der Waals surface area contributed by atoms with Crippen LogP contribution in [0, 0.1) is 6.92 Å². The number of esters is 1. The first-order chi connectivity index (χ1) is 17.4. The number of fused-ring (bicyclic) bond motifs is 1. The predicted molar refractivity (Wildman–Crippen MR) is 137 cm³/mol. The number of nitrogens with zero attached hydrogens (tertiary/aromatic N) is 2. The minimum absolute atomic E-state index is 0.108. The molecule has 0 aliphatic carbocycles. The van der Waals surface area contributed by atoms with Gasteiger partial charge in [0.1, 0.15) is 33.9 Å². The molecule has 0 saturated heterocycles. The van der Waals surface area contributed by atoms with Crippen LogP contribution in [0.5, 0.6) is 11.5 Å². The number of thiophene rings is 1. The minimum atomic E-state index is -0.842. The number of carbonyl (C=O) groups excluding carboxylic acids is 2. The van der Waals surface area contributed by atoms with E-state index < -0.39 is 17.6 Å². The Morgan fingerprint density at radius 3 is 2.44 bits per heavy atom. The fraction of sp³-hybridized carbons (Fsp3) is 0.231. The average Bonchev–Trinajstić information content (AvgIpc) is 3.23. The Kier molecular flexibility index (Phi) is 7.77. The molecule has 0 spiro atoms. The molecule has 2 aromatic heterocycles. The van der Waals surface area contributed by atoms with Crippen LogP contribution in [0.1, 0.15) is 28.2 Å². The lowest BCUT2D eigenvalue weighted by atomic mass is 10.2. The number of ether oxygens (including phenoxy) is 3. The van der Waals surface area contributed by atoms with Gasteiger partial charge in [-0.15, -0.1) is 11.3 Å². The van der Waals surface area contributed by atoms with E-state index in [1.807, 2.05) is 30.3 Å². The van der Waals surface area contributed by atoms with Crippen molar-refractivity contribution < 1.29 is 23.8 Å². The third-order valence-electron chi connectivity index (χ3n) is 5.48. The van der Waals surface area contributed by atoms with Crippen molar-refractivity contribution in [2.75, 3.05) is 25.6 Å². The van der Waals surface area contributed by atoms with Crippen LogP contribution in [0.25, 0.3) is 10.2 Å². The number of methoxy groups -OCH3 is 1. The molecule has 0 radical (unpaired) electrons. The molecule has 4 aromatic rings. The zero-order valence-corrected chi connectivity index (χ0v) is 20.8. The van der Waals surface area contributed by atoms with E-state index >= 15 is 0 Å².